The maximum atomic E-state index is 13.0. The molecule has 0 aliphatic carbocycles. The average molecular weight is 347 g/mol. The third-order valence-corrected chi connectivity index (χ3v) is 4.51. The van der Waals surface area contributed by atoms with Crippen LogP contribution in [-0.2, 0) is 12.6 Å². The number of alkyl halides is 3. The average Bonchev–Trinajstić information content (AvgIpc) is 3.04. The van der Waals surface area contributed by atoms with Gasteiger partial charge in [-0.3, -0.25) is 4.57 Å². The summed E-state index contributed by atoms with van der Waals surface area (Å²) >= 11 is 0. The number of aromatic nitrogens is 2. The van der Waals surface area contributed by atoms with Gasteiger partial charge in [-0.25, -0.2) is 4.98 Å². The second kappa shape index (κ2) is 5.23. The second-order valence-corrected chi connectivity index (χ2v) is 6.39. The Labute approximate surface area is 141 Å². The van der Waals surface area contributed by atoms with Gasteiger partial charge >= 0.3 is 6.18 Å². The highest BCUT2D eigenvalue weighted by molar-refractivity contribution is 5.80. The van der Waals surface area contributed by atoms with Crippen molar-refractivity contribution >= 4 is 16.7 Å². The summed E-state index contributed by atoms with van der Waals surface area (Å²) in [6, 6.07) is 8.04. The minimum Gasteiger partial charge on any atom is -0.373 e. The number of benzene rings is 1. The van der Waals surface area contributed by atoms with Crippen LogP contribution in [0, 0.1) is 13.8 Å². The lowest BCUT2D eigenvalue weighted by Crippen LogP contribution is -2.13. The van der Waals surface area contributed by atoms with Crippen LogP contribution in [-0.4, -0.2) is 20.9 Å². The van der Waals surface area contributed by atoms with E-state index in [2.05, 4.69) is 10.3 Å². The van der Waals surface area contributed by atoms with E-state index in [1.807, 2.05) is 32.0 Å². The Morgan fingerprint density at radius 3 is 2.68 bits per heavy atom. The summed E-state index contributed by atoms with van der Waals surface area (Å²) in [5.41, 5.74) is 3.66. The Morgan fingerprint density at radius 2 is 1.96 bits per heavy atom. The van der Waals surface area contributed by atoms with Crippen LogP contribution in [0.5, 0.6) is 0 Å². The number of rotatable bonds is 1. The van der Waals surface area contributed by atoms with Crippen molar-refractivity contribution in [2.75, 3.05) is 5.32 Å². The molecular formula is C18H16F3N3O. The molecule has 0 bridgehead atoms. The quantitative estimate of drug-likeness (QED) is 0.701. The first-order chi connectivity index (χ1) is 11.7. The van der Waals surface area contributed by atoms with Gasteiger partial charge in [-0.05, 0) is 55.3 Å². The van der Waals surface area contributed by atoms with Crippen molar-refractivity contribution < 1.29 is 18.3 Å². The van der Waals surface area contributed by atoms with E-state index in [9.17, 15) is 18.3 Å². The van der Waals surface area contributed by atoms with Crippen molar-refractivity contribution in [3.05, 3.63) is 52.8 Å². The summed E-state index contributed by atoms with van der Waals surface area (Å²) < 4.78 is 40.8. The summed E-state index contributed by atoms with van der Waals surface area (Å²) in [7, 11) is 0. The topological polar surface area (TPSA) is 50.1 Å². The molecule has 7 heteroatoms. The molecule has 1 aromatic carbocycles. The fourth-order valence-electron chi connectivity index (χ4n) is 3.45. The molecule has 4 rings (SSSR count). The van der Waals surface area contributed by atoms with Gasteiger partial charge in [0.2, 0.25) is 0 Å². The summed E-state index contributed by atoms with van der Waals surface area (Å²) in [4.78, 5) is 3.85. The molecule has 0 spiro atoms. The van der Waals surface area contributed by atoms with Gasteiger partial charge in [-0.1, -0.05) is 0 Å². The minimum absolute atomic E-state index is 0.276. The SMILES string of the molecule is Cc1cc(-n2c(C)cc3ccc(C(F)(F)F)nc32)cc2c1NC(O)C2. The first kappa shape index (κ1) is 16.0. The fraction of sp³-hybridized carbons (Fsp3) is 0.278. The highest BCUT2D eigenvalue weighted by atomic mass is 19.4. The fourth-order valence-corrected chi connectivity index (χ4v) is 3.45. The second-order valence-electron chi connectivity index (χ2n) is 6.39. The van der Waals surface area contributed by atoms with Crippen LogP contribution >= 0.6 is 0 Å². The monoisotopic (exact) mass is 347 g/mol. The zero-order chi connectivity index (χ0) is 17.9. The van der Waals surface area contributed by atoms with Crippen molar-refractivity contribution in [1.29, 1.82) is 0 Å². The van der Waals surface area contributed by atoms with E-state index in [-0.39, 0.29) is 5.65 Å². The Bertz CT molecular complexity index is 991. The first-order valence-corrected chi connectivity index (χ1v) is 7.89. The summed E-state index contributed by atoms with van der Waals surface area (Å²) in [5.74, 6) is 0. The molecule has 4 nitrogen and oxygen atoms in total. The Balaban J connectivity index is 1.94. The third kappa shape index (κ3) is 2.55. The van der Waals surface area contributed by atoms with Crippen LogP contribution in [0.25, 0.3) is 16.7 Å². The van der Waals surface area contributed by atoms with Crippen molar-refractivity contribution in [2.45, 2.75) is 32.7 Å². The van der Waals surface area contributed by atoms with Gasteiger partial charge in [0.05, 0.1) is 0 Å². The number of hydrogen-bond donors (Lipinski definition) is 2. The van der Waals surface area contributed by atoms with E-state index >= 15 is 0 Å². The standard InChI is InChI=1S/C18H16F3N3O/c1-9-5-13(7-12-8-15(25)23-16(9)12)24-10(2)6-11-3-4-14(18(19,20)21)22-17(11)24/h3-7,15,23,25H,8H2,1-2H3. The zero-order valence-electron chi connectivity index (χ0n) is 13.6. The normalized spacial score (nSPS) is 17.0. The molecule has 0 saturated heterocycles. The van der Waals surface area contributed by atoms with Crippen LogP contribution < -0.4 is 5.32 Å². The van der Waals surface area contributed by atoms with Crippen LogP contribution in [0.2, 0.25) is 0 Å². The molecule has 0 radical (unpaired) electrons. The number of aliphatic hydroxyl groups excluding tert-OH is 1. The molecule has 0 fully saturated rings. The predicted octanol–water partition coefficient (Wildman–Crippen LogP) is 3.95. The van der Waals surface area contributed by atoms with Gasteiger partial charge in [0.15, 0.2) is 0 Å². The van der Waals surface area contributed by atoms with E-state index in [1.54, 1.807) is 4.57 Å². The molecule has 1 aliphatic heterocycles. The molecule has 3 aromatic rings. The van der Waals surface area contributed by atoms with E-state index in [0.717, 1.165) is 34.3 Å². The third-order valence-electron chi connectivity index (χ3n) is 4.51. The predicted molar refractivity (Wildman–Crippen MR) is 88.9 cm³/mol. The lowest BCUT2D eigenvalue weighted by atomic mass is 10.1. The van der Waals surface area contributed by atoms with Crippen LogP contribution in [0.3, 0.4) is 0 Å². The molecular weight excluding hydrogens is 331 g/mol. The van der Waals surface area contributed by atoms with E-state index < -0.39 is 18.1 Å². The number of nitrogens with one attached hydrogen (secondary N) is 1. The smallest absolute Gasteiger partial charge is 0.373 e. The first-order valence-electron chi connectivity index (χ1n) is 7.89. The van der Waals surface area contributed by atoms with Crippen molar-refractivity contribution in [3.8, 4) is 5.69 Å². The largest absolute Gasteiger partial charge is 0.433 e. The number of nitrogens with zero attached hydrogens (tertiary/aromatic N) is 2. The lowest BCUT2D eigenvalue weighted by Gasteiger charge is -2.13. The molecule has 0 amide bonds. The van der Waals surface area contributed by atoms with Gasteiger partial charge in [-0.15, -0.1) is 0 Å². The Morgan fingerprint density at radius 1 is 1.20 bits per heavy atom. The molecule has 2 aromatic heterocycles. The zero-order valence-corrected chi connectivity index (χ0v) is 13.6. The molecule has 25 heavy (non-hydrogen) atoms. The highest BCUT2D eigenvalue weighted by Crippen LogP contribution is 2.34. The molecule has 1 unspecified atom stereocenters. The van der Waals surface area contributed by atoms with Gasteiger partial charge in [0.25, 0.3) is 0 Å². The van der Waals surface area contributed by atoms with Crippen LogP contribution in [0.4, 0.5) is 18.9 Å². The van der Waals surface area contributed by atoms with Crippen molar-refractivity contribution in [3.63, 3.8) is 0 Å². The number of halogens is 3. The van der Waals surface area contributed by atoms with Crippen molar-refractivity contribution in [1.82, 2.24) is 9.55 Å². The number of anilines is 1. The number of pyridine rings is 1. The molecule has 130 valence electrons. The van der Waals surface area contributed by atoms with Gasteiger partial charge in [0, 0.05) is 28.9 Å². The number of hydrogen-bond acceptors (Lipinski definition) is 3. The minimum atomic E-state index is -4.49. The maximum Gasteiger partial charge on any atom is 0.433 e. The molecule has 3 heterocycles. The molecule has 2 N–H and O–H groups in total. The van der Waals surface area contributed by atoms with E-state index in [4.69, 9.17) is 0 Å². The van der Waals surface area contributed by atoms with Crippen LogP contribution in [0.1, 0.15) is 22.5 Å². The summed E-state index contributed by atoms with van der Waals surface area (Å²) in [5, 5.41) is 13.4. The number of aryl methyl sites for hydroxylation is 2. The van der Waals surface area contributed by atoms with E-state index in [1.165, 1.54) is 6.07 Å². The number of aliphatic hydroxyl groups is 1. The molecule has 0 saturated carbocycles. The molecule has 1 atom stereocenters. The Kier molecular flexibility index (Phi) is 3.34. The Hall–Kier alpha value is -2.54. The maximum absolute atomic E-state index is 13.0. The van der Waals surface area contributed by atoms with Gasteiger partial charge in [-0.2, -0.15) is 13.2 Å². The van der Waals surface area contributed by atoms with Crippen molar-refractivity contribution in [2.24, 2.45) is 0 Å². The molecule has 1 aliphatic rings. The summed E-state index contributed by atoms with van der Waals surface area (Å²) in [6.45, 7) is 3.74. The lowest BCUT2D eigenvalue weighted by molar-refractivity contribution is -0.141. The summed E-state index contributed by atoms with van der Waals surface area (Å²) in [6.07, 6.45) is -4.66. The van der Waals surface area contributed by atoms with Gasteiger partial charge < -0.3 is 10.4 Å². The number of fused-ring (bicyclic) bond motifs is 2. The highest BCUT2D eigenvalue weighted by Gasteiger charge is 2.33. The van der Waals surface area contributed by atoms with Crippen LogP contribution in [0.15, 0.2) is 30.3 Å². The van der Waals surface area contributed by atoms with E-state index in [0.29, 0.717) is 11.8 Å². The van der Waals surface area contributed by atoms with Gasteiger partial charge in [0.1, 0.15) is 17.6 Å².